The van der Waals surface area contributed by atoms with Gasteiger partial charge in [0.25, 0.3) is 5.91 Å². The molecule has 0 aliphatic rings. The number of H-pyrrole nitrogens is 2. The van der Waals surface area contributed by atoms with Gasteiger partial charge >= 0.3 is 5.69 Å². The Kier molecular flexibility index (Phi) is 2.45. The van der Waals surface area contributed by atoms with Gasteiger partial charge in [0.2, 0.25) is 0 Å². The number of benzene rings is 1. The monoisotopic (exact) mass is 258 g/mol. The predicted octanol–water partition coefficient (Wildman–Crippen LogP) is 1.40. The zero-order chi connectivity index (χ0) is 13.4. The van der Waals surface area contributed by atoms with Gasteiger partial charge in [-0.25, -0.2) is 4.79 Å². The molecule has 0 unspecified atom stereocenters. The van der Waals surface area contributed by atoms with E-state index in [4.69, 9.17) is 4.52 Å². The number of carbonyl (C=O) groups excluding carboxylic acids is 1. The fourth-order valence-electron chi connectivity index (χ4n) is 1.79. The van der Waals surface area contributed by atoms with Crippen LogP contribution < -0.4 is 11.0 Å². The van der Waals surface area contributed by atoms with Gasteiger partial charge in [-0.15, -0.1) is 0 Å². The first kappa shape index (κ1) is 11.3. The second kappa shape index (κ2) is 4.13. The van der Waals surface area contributed by atoms with E-state index in [1.165, 1.54) is 0 Å². The molecule has 0 atom stereocenters. The van der Waals surface area contributed by atoms with Crippen LogP contribution in [0, 0.1) is 6.92 Å². The number of rotatable bonds is 2. The average molecular weight is 258 g/mol. The van der Waals surface area contributed by atoms with Crippen molar-refractivity contribution in [3.63, 3.8) is 0 Å². The maximum absolute atomic E-state index is 12.0. The molecule has 0 spiro atoms. The summed E-state index contributed by atoms with van der Waals surface area (Å²) in [4.78, 5) is 28.3. The lowest BCUT2D eigenvalue weighted by Crippen LogP contribution is -2.11. The summed E-state index contributed by atoms with van der Waals surface area (Å²) >= 11 is 0. The van der Waals surface area contributed by atoms with E-state index in [9.17, 15) is 9.59 Å². The molecule has 2 aromatic heterocycles. The van der Waals surface area contributed by atoms with E-state index in [0.29, 0.717) is 28.2 Å². The Morgan fingerprint density at radius 2 is 2.05 bits per heavy atom. The van der Waals surface area contributed by atoms with Crippen LogP contribution in [0.15, 0.2) is 33.6 Å². The summed E-state index contributed by atoms with van der Waals surface area (Å²) in [6.45, 7) is 1.74. The molecule has 0 saturated heterocycles. The van der Waals surface area contributed by atoms with Gasteiger partial charge in [-0.1, -0.05) is 5.16 Å². The zero-order valence-corrected chi connectivity index (χ0v) is 9.98. The molecule has 0 fully saturated rings. The van der Waals surface area contributed by atoms with Crippen molar-refractivity contribution in [3.8, 4) is 0 Å². The fraction of sp³-hybridized carbons (Fsp3) is 0.0833. The van der Waals surface area contributed by atoms with Crippen molar-refractivity contribution in [3.05, 3.63) is 46.1 Å². The number of fused-ring (bicyclic) bond motifs is 1. The van der Waals surface area contributed by atoms with Gasteiger partial charge in [0, 0.05) is 11.6 Å². The summed E-state index contributed by atoms with van der Waals surface area (Å²) in [6, 6.07) is 6.49. The molecule has 3 rings (SSSR count). The normalized spacial score (nSPS) is 10.8. The Balaban J connectivity index is 1.90. The van der Waals surface area contributed by atoms with E-state index in [1.807, 2.05) is 0 Å². The van der Waals surface area contributed by atoms with Gasteiger partial charge in [-0.05, 0) is 25.1 Å². The van der Waals surface area contributed by atoms with Crippen molar-refractivity contribution < 1.29 is 9.32 Å². The van der Waals surface area contributed by atoms with Crippen molar-refractivity contribution in [1.29, 1.82) is 0 Å². The molecule has 0 radical (unpaired) electrons. The number of amides is 1. The smallest absolute Gasteiger partial charge is 0.323 e. The number of aromatic nitrogens is 3. The third-order valence-electron chi connectivity index (χ3n) is 2.65. The molecule has 1 aromatic carbocycles. The summed E-state index contributed by atoms with van der Waals surface area (Å²) in [7, 11) is 0. The van der Waals surface area contributed by atoms with E-state index >= 15 is 0 Å². The van der Waals surface area contributed by atoms with Crippen LogP contribution >= 0.6 is 0 Å². The standard InChI is InChI=1S/C12H10N4O3/c1-6-4-10(16-19-6)15-11(17)7-2-3-8-9(5-7)14-12(18)13-8/h2-5H,1H3,(H2,13,14,18)(H,15,16,17). The van der Waals surface area contributed by atoms with E-state index in [2.05, 4.69) is 20.4 Å². The van der Waals surface area contributed by atoms with Gasteiger partial charge in [-0.3, -0.25) is 4.79 Å². The minimum atomic E-state index is -0.322. The lowest BCUT2D eigenvalue weighted by atomic mass is 10.2. The maximum atomic E-state index is 12.0. The summed E-state index contributed by atoms with van der Waals surface area (Å²) in [5.74, 6) is 0.642. The number of imidazole rings is 1. The van der Waals surface area contributed by atoms with Crippen LogP contribution in [0.4, 0.5) is 5.82 Å². The maximum Gasteiger partial charge on any atom is 0.323 e. The molecule has 3 N–H and O–H groups in total. The number of nitrogens with one attached hydrogen (secondary N) is 3. The van der Waals surface area contributed by atoms with Crippen LogP contribution in [0.5, 0.6) is 0 Å². The van der Waals surface area contributed by atoms with E-state index in [1.54, 1.807) is 31.2 Å². The Labute approximate surface area is 106 Å². The van der Waals surface area contributed by atoms with Crippen molar-refractivity contribution in [2.24, 2.45) is 0 Å². The highest BCUT2D eigenvalue weighted by Crippen LogP contribution is 2.13. The molecule has 2 heterocycles. The Morgan fingerprint density at radius 1 is 1.26 bits per heavy atom. The second-order valence-corrected chi connectivity index (χ2v) is 4.12. The van der Waals surface area contributed by atoms with E-state index < -0.39 is 0 Å². The number of hydrogen-bond acceptors (Lipinski definition) is 4. The van der Waals surface area contributed by atoms with Crippen LogP contribution in [0.2, 0.25) is 0 Å². The topological polar surface area (TPSA) is 104 Å². The predicted molar refractivity (Wildman–Crippen MR) is 68.1 cm³/mol. The van der Waals surface area contributed by atoms with Gasteiger partial charge < -0.3 is 19.8 Å². The minimum absolute atomic E-state index is 0.306. The van der Waals surface area contributed by atoms with Crippen LogP contribution in [0.25, 0.3) is 11.0 Å². The first-order valence-electron chi connectivity index (χ1n) is 5.58. The molecule has 1 amide bonds. The van der Waals surface area contributed by atoms with Crippen LogP contribution in [-0.4, -0.2) is 21.0 Å². The highest BCUT2D eigenvalue weighted by Gasteiger charge is 2.10. The zero-order valence-electron chi connectivity index (χ0n) is 9.98. The molecular formula is C12H10N4O3. The van der Waals surface area contributed by atoms with Gasteiger partial charge in [0.1, 0.15) is 5.76 Å². The van der Waals surface area contributed by atoms with Crippen molar-refractivity contribution in [2.75, 3.05) is 5.32 Å². The molecular weight excluding hydrogens is 248 g/mol. The Bertz CT molecular complexity index is 812. The Hall–Kier alpha value is -2.83. The Morgan fingerprint density at radius 3 is 2.79 bits per heavy atom. The van der Waals surface area contributed by atoms with Crippen LogP contribution in [0.1, 0.15) is 16.1 Å². The van der Waals surface area contributed by atoms with Crippen LogP contribution in [0.3, 0.4) is 0 Å². The number of nitrogens with zero attached hydrogens (tertiary/aromatic N) is 1. The molecule has 96 valence electrons. The number of carbonyl (C=O) groups is 1. The van der Waals surface area contributed by atoms with Crippen molar-refractivity contribution in [2.45, 2.75) is 6.92 Å². The van der Waals surface area contributed by atoms with Crippen molar-refractivity contribution in [1.82, 2.24) is 15.1 Å². The SMILES string of the molecule is Cc1cc(NC(=O)c2ccc3[nH]c(=O)[nH]c3c2)no1. The summed E-state index contributed by atoms with van der Waals surface area (Å²) < 4.78 is 4.86. The first-order chi connectivity index (χ1) is 9.11. The second-order valence-electron chi connectivity index (χ2n) is 4.12. The highest BCUT2D eigenvalue weighted by molar-refractivity contribution is 6.05. The highest BCUT2D eigenvalue weighted by atomic mass is 16.5. The summed E-state index contributed by atoms with van der Waals surface area (Å²) in [5.41, 5.74) is 1.34. The summed E-state index contributed by atoms with van der Waals surface area (Å²) in [6.07, 6.45) is 0. The van der Waals surface area contributed by atoms with E-state index in [-0.39, 0.29) is 11.6 Å². The lowest BCUT2D eigenvalue weighted by molar-refractivity contribution is 0.102. The largest absolute Gasteiger partial charge is 0.360 e. The fourth-order valence-corrected chi connectivity index (χ4v) is 1.79. The van der Waals surface area contributed by atoms with E-state index in [0.717, 1.165) is 0 Å². The van der Waals surface area contributed by atoms with Crippen molar-refractivity contribution >= 4 is 22.8 Å². The average Bonchev–Trinajstić information content (AvgIpc) is 2.93. The molecule has 3 aromatic rings. The third-order valence-corrected chi connectivity index (χ3v) is 2.65. The molecule has 0 saturated carbocycles. The molecule has 7 heteroatoms. The first-order valence-corrected chi connectivity index (χ1v) is 5.58. The number of aryl methyl sites for hydroxylation is 1. The van der Waals surface area contributed by atoms with Crippen LogP contribution in [-0.2, 0) is 0 Å². The molecule has 0 bridgehead atoms. The molecule has 0 aliphatic heterocycles. The lowest BCUT2D eigenvalue weighted by Gasteiger charge is -2.01. The summed E-state index contributed by atoms with van der Waals surface area (Å²) in [5, 5.41) is 6.28. The van der Waals surface area contributed by atoms with Gasteiger partial charge in [0.15, 0.2) is 5.82 Å². The number of hydrogen-bond donors (Lipinski definition) is 3. The quantitative estimate of drug-likeness (QED) is 0.646. The number of aromatic amines is 2. The third kappa shape index (κ3) is 2.13. The number of anilines is 1. The minimum Gasteiger partial charge on any atom is -0.360 e. The molecule has 19 heavy (non-hydrogen) atoms. The van der Waals surface area contributed by atoms with Gasteiger partial charge in [0.05, 0.1) is 11.0 Å². The van der Waals surface area contributed by atoms with Gasteiger partial charge in [-0.2, -0.15) is 0 Å². The molecule has 0 aliphatic carbocycles. The molecule has 7 nitrogen and oxygen atoms in total.